The van der Waals surface area contributed by atoms with E-state index in [-0.39, 0.29) is 11.4 Å². The summed E-state index contributed by atoms with van der Waals surface area (Å²) in [5.74, 6) is 0.419. The van der Waals surface area contributed by atoms with E-state index in [2.05, 4.69) is 10.2 Å². The smallest absolute Gasteiger partial charge is 0.162 e. The van der Waals surface area contributed by atoms with Crippen LogP contribution in [-0.2, 0) is 0 Å². The summed E-state index contributed by atoms with van der Waals surface area (Å²) in [6.45, 7) is 1.77. The minimum Gasteiger partial charge on any atom is -0.493 e. The highest BCUT2D eigenvalue weighted by Crippen LogP contribution is 2.37. The van der Waals surface area contributed by atoms with Crippen LogP contribution in [0.5, 0.6) is 11.5 Å². The SMILES string of the molecule is COc1cc2nncc(N(O)c3ccc(C)cc3F)c2cc1OC. The fourth-order valence-corrected chi connectivity index (χ4v) is 2.45. The first-order valence-electron chi connectivity index (χ1n) is 7.17. The Morgan fingerprint density at radius 2 is 1.75 bits per heavy atom. The molecule has 1 heterocycles. The molecule has 2 aromatic carbocycles. The predicted octanol–water partition coefficient (Wildman–Crippen LogP) is 3.62. The third-order valence-electron chi connectivity index (χ3n) is 3.68. The highest BCUT2D eigenvalue weighted by Gasteiger charge is 2.17. The number of aromatic nitrogens is 2. The standard InChI is InChI=1S/C17H16FN3O3/c1-10-4-5-14(12(18)6-10)21(22)15-9-19-20-13-8-17(24-3)16(23-2)7-11(13)15/h4-9,22H,1-3H3. The fourth-order valence-electron chi connectivity index (χ4n) is 2.45. The molecule has 0 bridgehead atoms. The van der Waals surface area contributed by atoms with Gasteiger partial charge in [0.25, 0.3) is 0 Å². The van der Waals surface area contributed by atoms with Crippen molar-refractivity contribution >= 4 is 22.3 Å². The highest BCUT2D eigenvalue weighted by molar-refractivity contribution is 5.94. The molecular weight excluding hydrogens is 313 g/mol. The van der Waals surface area contributed by atoms with E-state index in [1.54, 1.807) is 25.1 Å². The van der Waals surface area contributed by atoms with Crippen LogP contribution in [0.1, 0.15) is 5.56 Å². The zero-order valence-corrected chi connectivity index (χ0v) is 13.4. The molecule has 1 N–H and O–H groups in total. The molecule has 0 aliphatic rings. The van der Waals surface area contributed by atoms with Gasteiger partial charge in [-0.05, 0) is 30.7 Å². The monoisotopic (exact) mass is 329 g/mol. The highest BCUT2D eigenvalue weighted by atomic mass is 19.1. The van der Waals surface area contributed by atoms with E-state index in [4.69, 9.17) is 9.47 Å². The van der Waals surface area contributed by atoms with Crippen LogP contribution in [0.25, 0.3) is 10.9 Å². The van der Waals surface area contributed by atoms with Gasteiger partial charge in [0.1, 0.15) is 11.5 Å². The summed E-state index contributed by atoms with van der Waals surface area (Å²) in [4.78, 5) is 0. The molecule has 124 valence electrons. The van der Waals surface area contributed by atoms with Crippen LogP contribution in [0.4, 0.5) is 15.8 Å². The number of rotatable bonds is 4. The number of ether oxygens (including phenoxy) is 2. The summed E-state index contributed by atoms with van der Waals surface area (Å²) in [7, 11) is 3.02. The van der Waals surface area contributed by atoms with Crippen LogP contribution in [0, 0.1) is 12.7 Å². The van der Waals surface area contributed by atoms with Gasteiger partial charge in [-0.15, -0.1) is 0 Å². The Bertz CT molecular complexity index is 902. The summed E-state index contributed by atoms with van der Waals surface area (Å²) in [6.07, 6.45) is 1.35. The lowest BCUT2D eigenvalue weighted by Crippen LogP contribution is -2.13. The van der Waals surface area contributed by atoms with Crippen molar-refractivity contribution in [2.45, 2.75) is 6.92 Å². The Hall–Kier alpha value is -2.93. The number of hydrogen-bond acceptors (Lipinski definition) is 6. The van der Waals surface area contributed by atoms with Gasteiger partial charge in [-0.2, -0.15) is 10.2 Å². The Balaban J connectivity index is 2.18. The van der Waals surface area contributed by atoms with Gasteiger partial charge < -0.3 is 9.47 Å². The van der Waals surface area contributed by atoms with E-state index in [9.17, 15) is 9.60 Å². The average molecular weight is 329 g/mol. The van der Waals surface area contributed by atoms with Gasteiger partial charge in [0.15, 0.2) is 11.5 Å². The maximum absolute atomic E-state index is 14.2. The van der Waals surface area contributed by atoms with Gasteiger partial charge in [-0.3, -0.25) is 5.21 Å². The largest absolute Gasteiger partial charge is 0.493 e. The molecule has 0 radical (unpaired) electrons. The number of aryl methyl sites for hydroxylation is 1. The van der Waals surface area contributed by atoms with Gasteiger partial charge >= 0.3 is 0 Å². The van der Waals surface area contributed by atoms with Crippen molar-refractivity contribution in [1.29, 1.82) is 0 Å². The number of halogens is 1. The summed E-state index contributed by atoms with van der Waals surface area (Å²) in [5, 5.41) is 19.7. The minimum atomic E-state index is -0.539. The van der Waals surface area contributed by atoms with Gasteiger partial charge in [-0.25, -0.2) is 9.45 Å². The fraction of sp³-hybridized carbons (Fsp3) is 0.176. The maximum Gasteiger partial charge on any atom is 0.162 e. The topological polar surface area (TPSA) is 67.7 Å². The van der Waals surface area contributed by atoms with Crippen molar-refractivity contribution in [3.8, 4) is 11.5 Å². The second-order valence-electron chi connectivity index (χ2n) is 5.22. The van der Waals surface area contributed by atoms with Crippen LogP contribution >= 0.6 is 0 Å². The Labute approximate surface area is 138 Å². The molecule has 0 atom stereocenters. The molecule has 0 unspecified atom stereocenters. The van der Waals surface area contributed by atoms with Crippen LogP contribution in [0.2, 0.25) is 0 Å². The number of hydrogen-bond donors (Lipinski definition) is 1. The quantitative estimate of drug-likeness (QED) is 0.737. The predicted molar refractivity (Wildman–Crippen MR) is 87.7 cm³/mol. The zero-order valence-electron chi connectivity index (χ0n) is 13.4. The normalized spacial score (nSPS) is 10.7. The minimum absolute atomic E-state index is 0.0182. The number of fused-ring (bicyclic) bond motifs is 1. The molecular formula is C17H16FN3O3. The summed E-state index contributed by atoms with van der Waals surface area (Å²) in [6, 6.07) is 7.86. The number of methoxy groups -OCH3 is 2. The first kappa shape index (κ1) is 15.9. The van der Waals surface area contributed by atoms with Crippen molar-refractivity contribution in [2.75, 3.05) is 19.3 Å². The molecule has 0 saturated heterocycles. The van der Waals surface area contributed by atoms with Crippen molar-refractivity contribution < 1.29 is 19.1 Å². The van der Waals surface area contributed by atoms with Crippen molar-refractivity contribution in [3.63, 3.8) is 0 Å². The molecule has 3 aromatic rings. The summed E-state index contributed by atoms with van der Waals surface area (Å²) in [5.41, 5.74) is 1.54. The van der Waals surface area contributed by atoms with Crippen molar-refractivity contribution in [3.05, 3.63) is 47.9 Å². The van der Waals surface area contributed by atoms with Crippen molar-refractivity contribution in [2.24, 2.45) is 0 Å². The zero-order chi connectivity index (χ0) is 17.3. The summed E-state index contributed by atoms with van der Waals surface area (Å²) < 4.78 is 24.7. The average Bonchev–Trinajstić information content (AvgIpc) is 2.59. The maximum atomic E-state index is 14.2. The molecule has 0 saturated carbocycles. The lowest BCUT2D eigenvalue weighted by atomic mass is 10.1. The van der Waals surface area contributed by atoms with Gasteiger partial charge in [0, 0.05) is 11.5 Å². The molecule has 24 heavy (non-hydrogen) atoms. The first-order chi connectivity index (χ1) is 11.5. The van der Waals surface area contributed by atoms with Crippen LogP contribution < -0.4 is 14.5 Å². The van der Waals surface area contributed by atoms with Crippen LogP contribution in [0.15, 0.2) is 36.5 Å². The van der Waals surface area contributed by atoms with E-state index in [1.807, 2.05) is 0 Å². The molecule has 0 spiro atoms. The van der Waals surface area contributed by atoms with Gasteiger partial charge in [0.05, 0.1) is 31.6 Å². The van der Waals surface area contributed by atoms with Gasteiger partial charge in [-0.1, -0.05) is 6.07 Å². The van der Waals surface area contributed by atoms with Crippen LogP contribution in [0.3, 0.4) is 0 Å². The van der Waals surface area contributed by atoms with E-state index >= 15 is 0 Å². The molecule has 6 nitrogen and oxygen atoms in total. The molecule has 0 fully saturated rings. The number of nitrogens with zero attached hydrogens (tertiary/aromatic N) is 3. The molecule has 0 amide bonds. The Morgan fingerprint density at radius 3 is 2.42 bits per heavy atom. The lowest BCUT2D eigenvalue weighted by Gasteiger charge is -2.19. The molecule has 3 rings (SSSR count). The molecule has 0 aliphatic carbocycles. The molecule has 1 aromatic heterocycles. The van der Waals surface area contributed by atoms with E-state index in [0.717, 1.165) is 10.6 Å². The van der Waals surface area contributed by atoms with Crippen LogP contribution in [-0.4, -0.2) is 29.6 Å². The van der Waals surface area contributed by atoms with E-state index in [1.165, 1.54) is 32.5 Å². The number of anilines is 2. The molecule has 0 aliphatic heterocycles. The number of benzene rings is 2. The summed E-state index contributed by atoms with van der Waals surface area (Å²) >= 11 is 0. The van der Waals surface area contributed by atoms with E-state index in [0.29, 0.717) is 22.4 Å². The second-order valence-corrected chi connectivity index (χ2v) is 5.22. The first-order valence-corrected chi connectivity index (χ1v) is 7.17. The second kappa shape index (κ2) is 6.29. The third kappa shape index (κ3) is 2.69. The third-order valence-corrected chi connectivity index (χ3v) is 3.68. The Morgan fingerprint density at radius 1 is 1.04 bits per heavy atom. The molecule has 7 heteroatoms. The Kier molecular flexibility index (Phi) is 4.18. The van der Waals surface area contributed by atoms with Gasteiger partial charge in [0.2, 0.25) is 0 Å². The van der Waals surface area contributed by atoms with E-state index < -0.39 is 5.82 Å². The lowest BCUT2D eigenvalue weighted by molar-refractivity contribution is 0.297. The van der Waals surface area contributed by atoms with Crippen molar-refractivity contribution in [1.82, 2.24) is 10.2 Å².